The highest BCUT2D eigenvalue weighted by Crippen LogP contribution is 2.26. The molecular formula is C12H10Cl2N2O2. The number of carbonyl (C=O) groups is 1. The lowest BCUT2D eigenvalue weighted by molar-refractivity contribution is 0.0994. The number of carbonyl (C=O) groups excluding carboxylic acids is 1. The zero-order chi connectivity index (χ0) is 13.3. The molecule has 0 unspecified atom stereocenters. The number of aryl methyl sites for hydroxylation is 2. The molecule has 1 N–H and O–H groups in total. The largest absolute Gasteiger partial charge is 0.436 e. The molecule has 1 heterocycles. The van der Waals surface area contributed by atoms with Crippen molar-refractivity contribution in [2.75, 3.05) is 5.32 Å². The smallest absolute Gasteiger partial charge is 0.293 e. The molecule has 0 aliphatic heterocycles. The maximum atomic E-state index is 12.0. The van der Waals surface area contributed by atoms with Crippen LogP contribution in [0.5, 0.6) is 0 Å². The molecule has 94 valence electrons. The molecule has 1 aromatic carbocycles. The second-order valence-corrected chi connectivity index (χ2v) is 4.57. The first-order valence-corrected chi connectivity index (χ1v) is 5.93. The van der Waals surface area contributed by atoms with Gasteiger partial charge < -0.3 is 9.73 Å². The molecule has 6 heteroatoms. The van der Waals surface area contributed by atoms with Crippen LogP contribution in [0.15, 0.2) is 22.6 Å². The molecule has 0 saturated carbocycles. The quantitative estimate of drug-likeness (QED) is 0.911. The van der Waals surface area contributed by atoms with E-state index >= 15 is 0 Å². The van der Waals surface area contributed by atoms with E-state index in [1.54, 1.807) is 32.0 Å². The summed E-state index contributed by atoms with van der Waals surface area (Å²) in [6.07, 6.45) is 0. The zero-order valence-corrected chi connectivity index (χ0v) is 11.3. The standard InChI is InChI=1S/C12H10Cl2N2O2/c1-6-11(18-7(2)15-6)12(17)16-10-5-8(13)3-4-9(10)14/h3-5H,1-2H3,(H,16,17). The van der Waals surface area contributed by atoms with Crippen LogP contribution >= 0.6 is 23.2 Å². The summed E-state index contributed by atoms with van der Waals surface area (Å²) >= 11 is 11.8. The van der Waals surface area contributed by atoms with Crippen LogP contribution in [-0.4, -0.2) is 10.9 Å². The van der Waals surface area contributed by atoms with Crippen molar-refractivity contribution < 1.29 is 9.21 Å². The highest BCUT2D eigenvalue weighted by atomic mass is 35.5. The number of anilines is 1. The van der Waals surface area contributed by atoms with E-state index < -0.39 is 5.91 Å². The molecule has 2 aromatic rings. The number of amides is 1. The third-order valence-corrected chi connectivity index (χ3v) is 2.85. The van der Waals surface area contributed by atoms with Gasteiger partial charge >= 0.3 is 0 Å². The van der Waals surface area contributed by atoms with E-state index in [1.807, 2.05) is 0 Å². The molecule has 0 spiro atoms. The van der Waals surface area contributed by atoms with Crippen molar-refractivity contribution >= 4 is 34.8 Å². The minimum atomic E-state index is -0.405. The molecular weight excluding hydrogens is 275 g/mol. The summed E-state index contributed by atoms with van der Waals surface area (Å²) in [6, 6.07) is 4.82. The third-order valence-electron chi connectivity index (χ3n) is 2.29. The molecule has 0 atom stereocenters. The first kappa shape index (κ1) is 12.9. The molecule has 2 rings (SSSR count). The van der Waals surface area contributed by atoms with Crippen molar-refractivity contribution in [2.24, 2.45) is 0 Å². The first-order chi connectivity index (χ1) is 8.47. The predicted octanol–water partition coefficient (Wildman–Crippen LogP) is 3.85. The van der Waals surface area contributed by atoms with E-state index in [0.29, 0.717) is 27.3 Å². The van der Waals surface area contributed by atoms with Crippen molar-refractivity contribution in [1.82, 2.24) is 4.98 Å². The summed E-state index contributed by atoms with van der Waals surface area (Å²) in [4.78, 5) is 16.0. The van der Waals surface area contributed by atoms with Crippen LogP contribution in [-0.2, 0) is 0 Å². The summed E-state index contributed by atoms with van der Waals surface area (Å²) in [6.45, 7) is 3.38. The Morgan fingerprint density at radius 1 is 1.33 bits per heavy atom. The SMILES string of the molecule is Cc1nc(C)c(C(=O)Nc2cc(Cl)ccc2Cl)o1. The van der Waals surface area contributed by atoms with Gasteiger partial charge in [-0.05, 0) is 25.1 Å². The van der Waals surface area contributed by atoms with Crippen LogP contribution in [0.25, 0.3) is 0 Å². The van der Waals surface area contributed by atoms with Crippen LogP contribution in [0.4, 0.5) is 5.69 Å². The van der Waals surface area contributed by atoms with Crippen LogP contribution in [0.3, 0.4) is 0 Å². The minimum Gasteiger partial charge on any atom is -0.436 e. The van der Waals surface area contributed by atoms with Gasteiger partial charge in [-0.25, -0.2) is 4.98 Å². The summed E-state index contributed by atoms with van der Waals surface area (Å²) < 4.78 is 5.22. The van der Waals surface area contributed by atoms with E-state index in [1.165, 1.54) is 0 Å². The Balaban J connectivity index is 2.26. The Morgan fingerprint density at radius 3 is 2.67 bits per heavy atom. The number of benzene rings is 1. The molecule has 1 aromatic heterocycles. The monoisotopic (exact) mass is 284 g/mol. The lowest BCUT2D eigenvalue weighted by Crippen LogP contribution is -2.12. The van der Waals surface area contributed by atoms with Gasteiger partial charge in [0.15, 0.2) is 5.89 Å². The van der Waals surface area contributed by atoms with Gasteiger partial charge in [0, 0.05) is 11.9 Å². The Kier molecular flexibility index (Phi) is 3.59. The van der Waals surface area contributed by atoms with Crippen LogP contribution in [0.2, 0.25) is 10.0 Å². The van der Waals surface area contributed by atoms with Gasteiger partial charge in [-0.15, -0.1) is 0 Å². The summed E-state index contributed by atoms with van der Waals surface area (Å²) in [7, 11) is 0. The van der Waals surface area contributed by atoms with E-state index in [0.717, 1.165) is 0 Å². The van der Waals surface area contributed by atoms with Gasteiger partial charge in [0.05, 0.1) is 16.4 Å². The Morgan fingerprint density at radius 2 is 2.06 bits per heavy atom. The van der Waals surface area contributed by atoms with Gasteiger partial charge in [-0.2, -0.15) is 0 Å². The second kappa shape index (κ2) is 5.00. The Hall–Kier alpha value is -1.52. The molecule has 4 nitrogen and oxygen atoms in total. The maximum absolute atomic E-state index is 12.0. The fraction of sp³-hybridized carbons (Fsp3) is 0.167. The Bertz CT molecular complexity index is 608. The number of oxazole rings is 1. The molecule has 0 aliphatic carbocycles. The lowest BCUT2D eigenvalue weighted by atomic mass is 10.3. The summed E-state index contributed by atoms with van der Waals surface area (Å²) in [5, 5.41) is 3.52. The zero-order valence-electron chi connectivity index (χ0n) is 9.75. The van der Waals surface area contributed by atoms with Gasteiger partial charge in [-0.3, -0.25) is 4.79 Å². The highest BCUT2D eigenvalue weighted by molar-refractivity contribution is 6.35. The van der Waals surface area contributed by atoms with Gasteiger partial charge in [0.1, 0.15) is 0 Å². The second-order valence-electron chi connectivity index (χ2n) is 3.73. The molecule has 1 amide bonds. The first-order valence-electron chi connectivity index (χ1n) is 5.18. The average molecular weight is 285 g/mol. The van der Waals surface area contributed by atoms with E-state index in [4.69, 9.17) is 27.6 Å². The topological polar surface area (TPSA) is 55.1 Å². The average Bonchev–Trinajstić information content (AvgIpc) is 2.63. The van der Waals surface area contributed by atoms with Crippen molar-refractivity contribution in [3.63, 3.8) is 0 Å². The van der Waals surface area contributed by atoms with Crippen molar-refractivity contribution in [1.29, 1.82) is 0 Å². The van der Waals surface area contributed by atoms with Crippen molar-refractivity contribution in [3.05, 3.63) is 45.6 Å². The number of hydrogen-bond donors (Lipinski definition) is 1. The third kappa shape index (κ3) is 2.66. The molecule has 0 bridgehead atoms. The molecule has 0 aliphatic rings. The van der Waals surface area contributed by atoms with Crippen molar-refractivity contribution in [2.45, 2.75) is 13.8 Å². The van der Waals surface area contributed by atoms with E-state index in [-0.39, 0.29) is 5.76 Å². The number of rotatable bonds is 2. The molecule has 0 radical (unpaired) electrons. The molecule has 0 fully saturated rings. The number of nitrogens with one attached hydrogen (secondary N) is 1. The lowest BCUT2D eigenvalue weighted by Gasteiger charge is -2.06. The Labute approximate surface area is 114 Å². The number of hydrogen-bond acceptors (Lipinski definition) is 3. The normalized spacial score (nSPS) is 10.4. The summed E-state index contributed by atoms with van der Waals surface area (Å²) in [5.74, 6) is 0.204. The van der Waals surface area contributed by atoms with Crippen molar-refractivity contribution in [3.8, 4) is 0 Å². The minimum absolute atomic E-state index is 0.170. The van der Waals surface area contributed by atoms with Gasteiger partial charge in [0.25, 0.3) is 5.91 Å². The van der Waals surface area contributed by atoms with E-state index in [2.05, 4.69) is 10.3 Å². The van der Waals surface area contributed by atoms with E-state index in [9.17, 15) is 4.79 Å². The molecule has 0 saturated heterocycles. The van der Waals surface area contributed by atoms with Crippen LogP contribution in [0.1, 0.15) is 22.1 Å². The van der Waals surface area contributed by atoms with Crippen LogP contribution < -0.4 is 5.32 Å². The summed E-state index contributed by atoms with van der Waals surface area (Å²) in [5.41, 5.74) is 0.964. The number of aromatic nitrogens is 1. The molecule has 18 heavy (non-hydrogen) atoms. The van der Waals surface area contributed by atoms with Gasteiger partial charge in [-0.1, -0.05) is 23.2 Å². The maximum Gasteiger partial charge on any atom is 0.293 e. The predicted molar refractivity (Wildman–Crippen MR) is 70.4 cm³/mol. The highest BCUT2D eigenvalue weighted by Gasteiger charge is 2.17. The number of nitrogens with zero attached hydrogens (tertiary/aromatic N) is 1. The van der Waals surface area contributed by atoms with Crippen LogP contribution in [0, 0.1) is 13.8 Å². The number of halogens is 2. The van der Waals surface area contributed by atoms with Gasteiger partial charge in [0.2, 0.25) is 5.76 Å². The fourth-order valence-electron chi connectivity index (χ4n) is 1.51. The fourth-order valence-corrected chi connectivity index (χ4v) is 1.85.